The SMILES string of the molecule is CCOC(=O)c1ncn2c1[C@@H]1CCCN1C(=O)c1cc(Cl)ccc1-2. The molecule has 0 saturated carbocycles. The highest BCUT2D eigenvalue weighted by Gasteiger charge is 2.40. The van der Waals surface area contributed by atoms with Crippen molar-refractivity contribution in [2.24, 2.45) is 0 Å². The van der Waals surface area contributed by atoms with E-state index in [0.717, 1.165) is 18.5 Å². The number of ether oxygens (including phenoxy) is 1. The van der Waals surface area contributed by atoms with Crippen LogP contribution in [-0.4, -0.2) is 39.5 Å². The Kier molecular flexibility index (Phi) is 3.57. The lowest BCUT2D eigenvalue weighted by Gasteiger charge is -2.22. The molecule has 6 nitrogen and oxygen atoms in total. The molecule has 2 aliphatic heterocycles. The van der Waals surface area contributed by atoms with Crippen LogP contribution in [0.1, 0.15) is 52.3 Å². The quantitative estimate of drug-likeness (QED) is 0.785. The fourth-order valence-corrected chi connectivity index (χ4v) is 3.74. The van der Waals surface area contributed by atoms with Crippen molar-refractivity contribution in [3.63, 3.8) is 0 Å². The minimum absolute atomic E-state index is 0.0616. The zero-order chi connectivity index (χ0) is 16.8. The van der Waals surface area contributed by atoms with Crippen molar-refractivity contribution in [3.05, 3.63) is 46.5 Å². The van der Waals surface area contributed by atoms with Gasteiger partial charge in [0, 0.05) is 11.6 Å². The van der Waals surface area contributed by atoms with Crippen LogP contribution < -0.4 is 0 Å². The molecule has 2 aromatic rings. The van der Waals surface area contributed by atoms with Gasteiger partial charge in [-0.05, 0) is 38.0 Å². The summed E-state index contributed by atoms with van der Waals surface area (Å²) in [6.45, 7) is 2.70. The van der Waals surface area contributed by atoms with Crippen molar-refractivity contribution in [1.82, 2.24) is 14.5 Å². The lowest BCUT2D eigenvalue weighted by molar-refractivity contribution is 0.0513. The monoisotopic (exact) mass is 345 g/mol. The van der Waals surface area contributed by atoms with Crippen LogP contribution in [0, 0.1) is 0 Å². The number of imidazole rings is 1. The number of fused-ring (bicyclic) bond motifs is 5. The zero-order valence-corrected chi connectivity index (χ0v) is 13.9. The third-order valence-corrected chi connectivity index (χ3v) is 4.79. The van der Waals surface area contributed by atoms with E-state index in [0.29, 0.717) is 22.8 Å². The van der Waals surface area contributed by atoms with Crippen molar-refractivity contribution in [3.8, 4) is 5.69 Å². The number of esters is 1. The molecule has 1 atom stereocenters. The predicted molar refractivity (Wildman–Crippen MR) is 87.5 cm³/mol. The normalized spacial score (nSPS) is 18.7. The average molecular weight is 346 g/mol. The molecule has 7 heteroatoms. The second kappa shape index (κ2) is 5.63. The van der Waals surface area contributed by atoms with E-state index in [1.807, 2.05) is 4.57 Å². The minimum atomic E-state index is -0.456. The van der Waals surface area contributed by atoms with Crippen molar-refractivity contribution < 1.29 is 14.3 Å². The molecular weight excluding hydrogens is 330 g/mol. The molecule has 1 fully saturated rings. The molecule has 0 radical (unpaired) electrons. The smallest absolute Gasteiger partial charge is 0.358 e. The van der Waals surface area contributed by atoms with E-state index in [-0.39, 0.29) is 24.2 Å². The topological polar surface area (TPSA) is 64.4 Å². The van der Waals surface area contributed by atoms with Gasteiger partial charge < -0.3 is 9.64 Å². The molecule has 1 aromatic carbocycles. The number of hydrogen-bond donors (Lipinski definition) is 0. The molecule has 1 saturated heterocycles. The van der Waals surface area contributed by atoms with Gasteiger partial charge in [0.1, 0.15) is 6.33 Å². The summed E-state index contributed by atoms with van der Waals surface area (Å²) < 4.78 is 6.96. The average Bonchev–Trinajstić information content (AvgIpc) is 3.18. The van der Waals surface area contributed by atoms with Crippen molar-refractivity contribution in [2.45, 2.75) is 25.8 Å². The molecule has 0 N–H and O–H groups in total. The maximum absolute atomic E-state index is 13.0. The van der Waals surface area contributed by atoms with Gasteiger partial charge in [0.25, 0.3) is 5.91 Å². The van der Waals surface area contributed by atoms with E-state index < -0.39 is 5.97 Å². The van der Waals surface area contributed by atoms with Crippen molar-refractivity contribution in [2.75, 3.05) is 13.2 Å². The Labute approximate surface area is 144 Å². The number of aromatic nitrogens is 2. The van der Waals surface area contributed by atoms with Crippen LogP contribution in [0.3, 0.4) is 0 Å². The summed E-state index contributed by atoms with van der Waals surface area (Å²) in [6.07, 6.45) is 3.27. The molecular formula is C17H16ClN3O3. The molecule has 24 heavy (non-hydrogen) atoms. The molecule has 3 heterocycles. The van der Waals surface area contributed by atoms with Gasteiger partial charge in [-0.3, -0.25) is 9.36 Å². The van der Waals surface area contributed by atoms with E-state index in [9.17, 15) is 9.59 Å². The first-order chi connectivity index (χ1) is 11.6. The largest absolute Gasteiger partial charge is 0.461 e. The third kappa shape index (κ3) is 2.13. The van der Waals surface area contributed by atoms with Gasteiger partial charge in [-0.1, -0.05) is 11.6 Å². The van der Waals surface area contributed by atoms with Crippen LogP contribution in [0.2, 0.25) is 5.02 Å². The second-order valence-corrected chi connectivity index (χ2v) is 6.32. The number of carbonyl (C=O) groups is 2. The fraction of sp³-hybridized carbons (Fsp3) is 0.353. The van der Waals surface area contributed by atoms with Crippen LogP contribution in [-0.2, 0) is 4.74 Å². The molecule has 0 aliphatic carbocycles. The molecule has 0 unspecified atom stereocenters. The van der Waals surface area contributed by atoms with E-state index in [1.165, 1.54) is 0 Å². The van der Waals surface area contributed by atoms with Gasteiger partial charge in [0.15, 0.2) is 5.69 Å². The van der Waals surface area contributed by atoms with Gasteiger partial charge >= 0.3 is 5.97 Å². The van der Waals surface area contributed by atoms with Crippen LogP contribution >= 0.6 is 11.6 Å². The number of carbonyl (C=O) groups excluding carboxylic acids is 2. The first kappa shape index (κ1) is 15.2. The lowest BCUT2D eigenvalue weighted by Crippen LogP contribution is -2.30. The van der Waals surface area contributed by atoms with Gasteiger partial charge in [-0.25, -0.2) is 9.78 Å². The Morgan fingerprint density at radius 2 is 2.29 bits per heavy atom. The van der Waals surface area contributed by atoms with Gasteiger partial charge in [0.05, 0.1) is 29.6 Å². The Morgan fingerprint density at radius 3 is 3.08 bits per heavy atom. The summed E-state index contributed by atoms with van der Waals surface area (Å²) in [7, 11) is 0. The number of nitrogens with zero attached hydrogens (tertiary/aromatic N) is 3. The summed E-state index contributed by atoms with van der Waals surface area (Å²) in [4.78, 5) is 31.4. The Hall–Kier alpha value is -2.34. The number of hydrogen-bond acceptors (Lipinski definition) is 4. The molecule has 1 aromatic heterocycles. The highest BCUT2D eigenvalue weighted by Crippen LogP contribution is 2.40. The van der Waals surface area contributed by atoms with Crippen molar-refractivity contribution in [1.29, 1.82) is 0 Å². The molecule has 4 rings (SSSR count). The maximum Gasteiger partial charge on any atom is 0.358 e. The molecule has 124 valence electrons. The number of benzene rings is 1. The minimum Gasteiger partial charge on any atom is -0.461 e. The summed E-state index contributed by atoms with van der Waals surface area (Å²) in [5.74, 6) is -0.517. The first-order valence-corrected chi connectivity index (χ1v) is 8.35. The number of halogens is 1. The van der Waals surface area contributed by atoms with E-state index >= 15 is 0 Å². The lowest BCUT2D eigenvalue weighted by atomic mass is 10.1. The third-order valence-electron chi connectivity index (χ3n) is 4.55. The van der Waals surface area contributed by atoms with E-state index in [4.69, 9.17) is 16.3 Å². The second-order valence-electron chi connectivity index (χ2n) is 5.89. The highest BCUT2D eigenvalue weighted by molar-refractivity contribution is 6.31. The van der Waals surface area contributed by atoms with Crippen LogP contribution in [0.15, 0.2) is 24.5 Å². The summed E-state index contributed by atoms with van der Waals surface area (Å²) >= 11 is 6.09. The summed E-state index contributed by atoms with van der Waals surface area (Å²) in [6, 6.07) is 5.02. The van der Waals surface area contributed by atoms with E-state index in [1.54, 1.807) is 36.4 Å². The number of rotatable bonds is 2. The number of amides is 1. The molecule has 1 amide bonds. The van der Waals surface area contributed by atoms with Gasteiger partial charge in [0.2, 0.25) is 0 Å². The highest BCUT2D eigenvalue weighted by atomic mass is 35.5. The molecule has 2 aliphatic rings. The Bertz CT molecular complexity index is 846. The van der Waals surface area contributed by atoms with Crippen LogP contribution in [0.4, 0.5) is 0 Å². The predicted octanol–water partition coefficient (Wildman–Crippen LogP) is 2.99. The fourth-order valence-electron chi connectivity index (χ4n) is 3.56. The van der Waals surface area contributed by atoms with Crippen molar-refractivity contribution >= 4 is 23.5 Å². The zero-order valence-electron chi connectivity index (χ0n) is 13.2. The summed E-state index contributed by atoms with van der Waals surface area (Å²) in [5, 5.41) is 0.507. The van der Waals surface area contributed by atoms with Crippen LogP contribution in [0.5, 0.6) is 0 Å². The first-order valence-electron chi connectivity index (χ1n) is 7.97. The molecule has 0 spiro atoms. The molecule has 0 bridgehead atoms. The van der Waals surface area contributed by atoms with E-state index in [2.05, 4.69) is 4.98 Å². The summed E-state index contributed by atoms with van der Waals surface area (Å²) in [5.41, 5.74) is 2.22. The van der Waals surface area contributed by atoms with Gasteiger partial charge in [-0.15, -0.1) is 0 Å². The Morgan fingerprint density at radius 1 is 1.46 bits per heavy atom. The van der Waals surface area contributed by atoms with Gasteiger partial charge in [-0.2, -0.15) is 0 Å². The standard InChI is InChI=1S/C17H16ClN3O3/c1-2-24-17(23)14-15-13-4-3-7-20(13)16(22)11-8-10(18)5-6-12(11)21(15)9-19-14/h5-6,8-9,13H,2-4,7H2,1H3/t13-/m0/s1. The Balaban J connectivity index is 1.96. The van der Waals surface area contributed by atoms with Crippen LogP contribution in [0.25, 0.3) is 5.69 Å². The maximum atomic E-state index is 13.0.